The molecular weight excluding hydrogens is 347 g/mol. The third kappa shape index (κ3) is 3.67. The van der Waals surface area contributed by atoms with Crippen molar-refractivity contribution in [1.29, 1.82) is 0 Å². The Kier molecular flexibility index (Phi) is 4.69. The van der Waals surface area contributed by atoms with Crippen LogP contribution >= 0.6 is 23.2 Å². The molecule has 0 aliphatic carbocycles. The molecule has 0 spiro atoms. The van der Waals surface area contributed by atoms with E-state index in [9.17, 15) is 0 Å². The van der Waals surface area contributed by atoms with Gasteiger partial charge in [0, 0.05) is 11.2 Å². The summed E-state index contributed by atoms with van der Waals surface area (Å²) in [6, 6.07) is 8.91. The second kappa shape index (κ2) is 6.90. The number of nitrogens with one attached hydrogen (secondary N) is 2. The maximum atomic E-state index is 6.16. The topological polar surface area (TPSA) is 88.8 Å². The van der Waals surface area contributed by atoms with Gasteiger partial charge in [0.05, 0.1) is 10.7 Å². The van der Waals surface area contributed by atoms with E-state index in [2.05, 4.69) is 25.6 Å². The second-order valence-electron chi connectivity index (χ2n) is 5.08. The van der Waals surface area contributed by atoms with Crippen molar-refractivity contribution in [3.63, 3.8) is 0 Å². The monoisotopic (exact) mass is 360 g/mol. The first-order valence-electron chi connectivity index (χ1n) is 7.05. The van der Waals surface area contributed by atoms with Crippen molar-refractivity contribution in [1.82, 2.24) is 15.0 Å². The molecule has 4 N–H and O–H groups in total. The molecular formula is C16H14Cl2N6. The molecule has 0 unspecified atom stereocenters. The number of benzene rings is 1. The Morgan fingerprint density at radius 1 is 0.958 bits per heavy atom. The summed E-state index contributed by atoms with van der Waals surface area (Å²) in [6.07, 6.45) is 3.11. The van der Waals surface area contributed by atoms with Crippen molar-refractivity contribution in [3.8, 4) is 0 Å². The summed E-state index contributed by atoms with van der Waals surface area (Å²) < 4.78 is 0. The molecule has 2 aromatic heterocycles. The van der Waals surface area contributed by atoms with Crippen LogP contribution < -0.4 is 16.4 Å². The SMILES string of the molecule is Cc1ccnc(Nc2ncnc(Nc3ccc(Cl)cc3Cl)c2N)c1. The van der Waals surface area contributed by atoms with Gasteiger partial charge in [-0.3, -0.25) is 0 Å². The Balaban J connectivity index is 1.88. The second-order valence-corrected chi connectivity index (χ2v) is 5.92. The number of halogens is 2. The van der Waals surface area contributed by atoms with Crippen LogP contribution in [0.4, 0.5) is 28.8 Å². The molecule has 3 aromatic rings. The molecule has 6 nitrogen and oxygen atoms in total. The van der Waals surface area contributed by atoms with Crippen LogP contribution in [0.2, 0.25) is 10.0 Å². The number of rotatable bonds is 4. The van der Waals surface area contributed by atoms with Gasteiger partial charge >= 0.3 is 0 Å². The highest BCUT2D eigenvalue weighted by Crippen LogP contribution is 2.32. The first kappa shape index (κ1) is 16.3. The van der Waals surface area contributed by atoms with Gasteiger partial charge in [0.2, 0.25) is 0 Å². The average Bonchev–Trinajstić information content (AvgIpc) is 2.54. The van der Waals surface area contributed by atoms with Crippen molar-refractivity contribution in [2.75, 3.05) is 16.4 Å². The predicted molar refractivity (Wildman–Crippen MR) is 98.4 cm³/mol. The molecule has 3 rings (SSSR count). The summed E-state index contributed by atoms with van der Waals surface area (Å²) in [6.45, 7) is 1.98. The Labute approximate surface area is 149 Å². The fourth-order valence-corrected chi connectivity index (χ4v) is 2.49. The van der Waals surface area contributed by atoms with E-state index in [4.69, 9.17) is 28.9 Å². The number of aryl methyl sites for hydroxylation is 1. The number of nitrogens with two attached hydrogens (primary N) is 1. The lowest BCUT2D eigenvalue weighted by Crippen LogP contribution is -2.06. The first-order valence-corrected chi connectivity index (χ1v) is 7.81. The minimum atomic E-state index is 0.354. The first-order chi connectivity index (χ1) is 11.5. The molecule has 0 aliphatic rings. The van der Waals surface area contributed by atoms with E-state index in [1.54, 1.807) is 24.4 Å². The molecule has 2 heterocycles. The summed E-state index contributed by atoms with van der Waals surface area (Å²) in [5.41, 5.74) is 8.22. The predicted octanol–water partition coefficient (Wildman–Crippen LogP) is 4.56. The summed E-state index contributed by atoms with van der Waals surface area (Å²) in [7, 11) is 0. The molecule has 0 saturated heterocycles. The van der Waals surface area contributed by atoms with Crippen LogP contribution in [-0.2, 0) is 0 Å². The number of hydrogen-bond donors (Lipinski definition) is 3. The Morgan fingerprint density at radius 3 is 2.42 bits per heavy atom. The molecule has 0 amide bonds. The average molecular weight is 361 g/mol. The number of hydrogen-bond acceptors (Lipinski definition) is 6. The maximum absolute atomic E-state index is 6.16. The lowest BCUT2D eigenvalue weighted by Gasteiger charge is -2.13. The number of nitrogen functional groups attached to an aromatic ring is 1. The van der Waals surface area contributed by atoms with Gasteiger partial charge in [-0.2, -0.15) is 0 Å². The van der Waals surface area contributed by atoms with E-state index in [1.165, 1.54) is 6.33 Å². The van der Waals surface area contributed by atoms with E-state index in [-0.39, 0.29) is 0 Å². The molecule has 0 fully saturated rings. The molecule has 0 bridgehead atoms. The Morgan fingerprint density at radius 2 is 1.71 bits per heavy atom. The zero-order valence-electron chi connectivity index (χ0n) is 12.7. The summed E-state index contributed by atoms with van der Waals surface area (Å²) in [5.74, 6) is 1.54. The molecule has 8 heteroatoms. The van der Waals surface area contributed by atoms with Gasteiger partial charge in [-0.15, -0.1) is 0 Å². The fourth-order valence-electron chi connectivity index (χ4n) is 2.04. The van der Waals surface area contributed by atoms with Gasteiger partial charge in [-0.25, -0.2) is 15.0 Å². The van der Waals surface area contributed by atoms with Crippen LogP contribution in [-0.4, -0.2) is 15.0 Å². The molecule has 0 aliphatic heterocycles. The maximum Gasteiger partial charge on any atom is 0.160 e. The van der Waals surface area contributed by atoms with E-state index in [0.717, 1.165) is 5.56 Å². The van der Waals surface area contributed by atoms with Gasteiger partial charge in [0.15, 0.2) is 11.6 Å². The van der Waals surface area contributed by atoms with Crippen LogP contribution in [0.1, 0.15) is 5.56 Å². The summed E-state index contributed by atoms with van der Waals surface area (Å²) in [4.78, 5) is 12.5. The van der Waals surface area contributed by atoms with Crippen LogP contribution in [0, 0.1) is 6.92 Å². The fraction of sp³-hybridized carbons (Fsp3) is 0.0625. The zero-order valence-corrected chi connectivity index (χ0v) is 14.2. The number of pyridine rings is 1. The van der Waals surface area contributed by atoms with Gasteiger partial charge in [-0.1, -0.05) is 23.2 Å². The van der Waals surface area contributed by atoms with Gasteiger partial charge in [0.1, 0.15) is 17.8 Å². The van der Waals surface area contributed by atoms with Crippen LogP contribution in [0.5, 0.6) is 0 Å². The van der Waals surface area contributed by atoms with Crippen molar-refractivity contribution in [2.45, 2.75) is 6.92 Å². The van der Waals surface area contributed by atoms with Crippen LogP contribution in [0.25, 0.3) is 0 Å². The summed E-state index contributed by atoms with van der Waals surface area (Å²) in [5, 5.41) is 7.18. The lowest BCUT2D eigenvalue weighted by molar-refractivity contribution is 1.16. The molecule has 0 saturated carbocycles. The zero-order chi connectivity index (χ0) is 17.1. The van der Waals surface area contributed by atoms with E-state index >= 15 is 0 Å². The quantitative estimate of drug-likeness (QED) is 0.632. The molecule has 0 atom stereocenters. The molecule has 122 valence electrons. The van der Waals surface area contributed by atoms with Crippen LogP contribution in [0.3, 0.4) is 0 Å². The lowest BCUT2D eigenvalue weighted by atomic mass is 10.3. The molecule has 0 radical (unpaired) electrons. The Bertz CT molecular complexity index is 884. The van der Waals surface area contributed by atoms with Gasteiger partial charge < -0.3 is 16.4 Å². The van der Waals surface area contributed by atoms with Gasteiger partial charge in [-0.05, 0) is 42.8 Å². The van der Waals surface area contributed by atoms with Crippen molar-refractivity contribution in [2.24, 2.45) is 0 Å². The highest BCUT2D eigenvalue weighted by molar-refractivity contribution is 6.36. The standard InChI is InChI=1S/C16H14Cl2N6/c1-9-4-5-20-13(6-9)24-16-14(19)15(21-8-22-16)23-12-3-2-10(17)7-11(12)18/h2-8H,19H2,1H3,(H2,20,21,22,23,24). The number of nitrogens with zero attached hydrogens (tertiary/aromatic N) is 3. The minimum Gasteiger partial charge on any atom is -0.393 e. The summed E-state index contributed by atoms with van der Waals surface area (Å²) >= 11 is 12.1. The number of anilines is 5. The third-order valence-electron chi connectivity index (χ3n) is 3.23. The van der Waals surface area contributed by atoms with Crippen molar-refractivity contribution < 1.29 is 0 Å². The Hall–Kier alpha value is -2.57. The molecule has 1 aromatic carbocycles. The minimum absolute atomic E-state index is 0.354. The van der Waals surface area contributed by atoms with E-state index in [0.29, 0.717) is 38.9 Å². The van der Waals surface area contributed by atoms with Crippen LogP contribution in [0.15, 0.2) is 42.9 Å². The highest BCUT2D eigenvalue weighted by atomic mass is 35.5. The third-order valence-corrected chi connectivity index (χ3v) is 3.78. The van der Waals surface area contributed by atoms with Crippen molar-refractivity contribution >= 4 is 52.0 Å². The normalized spacial score (nSPS) is 10.5. The smallest absolute Gasteiger partial charge is 0.160 e. The van der Waals surface area contributed by atoms with E-state index < -0.39 is 0 Å². The largest absolute Gasteiger partial charge is 0.393 e. The van der Waals surface area contributed by atoms with Gasteiger partial charge in [0.25, 0.3) is 0 Å². The number of aromatic nitrogens is 3. The highest BCUT2D eigenvalue weighted by Gasteiger charge is 2.11. The van der Waals surface area contributed by atoms with E-state index in [1.807, 2.05) is 19.1 Å². The molecule has 24 heavy (non-hydrogen) atoms. The van der Waals surface area contributed by atoms with Crippen molar-refractivity contribution in [3.05, 3.63) is 58.5 Å².